The van der Waals surface area contributed by atoms with Gasteiger partial charge in [0.1, 0.15) is 11.9 Å². The lowest BCUT2D eigenvalue weighted by molar-refractivity contribution is -0.122. The van der Waals surface area contributed by atoms with Gasteiger partial charge in [-0.05, 0) is 12.1 Å². The van der Waals surface area contributed by atoms with Gasteiger partial charge in [0.25, 0.3) is 0 Å². The highest BCUT2D eigenvalue weighted by atomic mass is 16.2. The number of carbonyl (C=O) groups is 2. The number of amides is 2. The predicted molar refractivity (Wildman–Crippen MR) is 70.8 cm³/mol. The van der Waals surface area contributed by atoms with E-state index in [1.54, 1.807) is 19.2 Å². The quantitative estimate of drug-likeness (QED) is 0.629. The highest BCUT2D eigenvalue weighted by Crippen LogP contribution is 2.17. The fourth-order valence-corrected chi connectivity index (χ4v) is 2.11. The molecule has 7 heteroatoms. The summed E-state index contributed by atoms with van der Waals surface area (Å²) in [7, 11) is 1.60. The molecule has 1 unspecified atom stereocenters. The Morgan fingerprint density at radius 2 is 2.37 bits per heavy atom. The Hall–Kier alpha value is -2.15. The predicted octanol–water partition coefficient (Wildman–Crippen LogP) is -1.30. The van der Waals surface area contributed by atoms with Crippen molar-refractivity contribution >= 4 is 17.6 Å². The molecule has 1 aliphatic heterocycles. The number of piperazine rings is 1. The maximum atomic E-state index is 11.9. The number of aromatic nitrogens is 1. The van der Waals surface area contributed by atoms with Crippen molar-refractivity contribution in [1.29, 1.82) is 0 Å². The lowest BCUT2D eigenvalue weighted by atomic mass is 10.1. The van der Waals surface area contributed by atoms with Crippen LogP contribution in [0.4, 0.5) is 5.82 Å². The normalized spacial score (nSPS) is 19.0. The molecule has 2 amide bonds. The highest BCUT2D eigenvalue weighted by molar-refractivity contribution is 5.93. The van der Waals surface area contributed by atoms with Crippen molar-refractivity contribution < 1.29 is 9.59 Å². The molecule has 1 aromatic heterocycles. The Bertz CT molecular complexity index is 491. The summed E-state index contributed by atoms with van der Waals surface area (Å²) in [6, 6.07) is 2.83. The maximum Gasteiger partial charge on any atom is 0.248 e. The Morgan fingerprint density at radius 1 is 1.58 bits per heavy atom. The van der Waals surface area contributed by atoms with E-state index < -0.39 is 5.91 Å². The number of hydrogen-bond donors (Lipinski definition) is 3. The van der Waals surface area contributed by atoms with Gasteiger partial charge in [-0.1, -0.05) is 0 Å². The van der Waals surface area contributed by atoms with Crippen LogP contribution in [-0.4, -0.2) is 49.5 Å². The van der Waals surface area contributed by atoms with Crippen LogP contribution in [0.5, 0.6) is 0 Å². The molecular formula is C12H17N5O2. The minimum Gasteiger partial charge on any atom is -0.366 e. The fourth-order valence-electron chi connectivity index (χ4n) is 2.11. The van der Waals surface area contributed by atoms with Crippen molar-refractivity contribution in [3.05, 3.63) is 23.9 Å². The van der Waals surface area contributed by atoms with Crippen molar-refractivity contribution in [2.75, 3.05) is 31.6 Å². The lowest BCUT2D eigenvalue weighted by Gasteiger charge is -2.35. The van der Waals surface area contributed by atoms with Crippen LogP contribution in [0.15, 0.2) is 18.3 Å². The van der Waals surface area contributed by atoms with Crippen LogP contribution in [0.2, 0.25) is 0 Å². The number of nitrogens with two attached hydrogens (primary N) is 1. The second-order valence-corrected chi connectivity index (χ2v) is 4.29. The van der Waals surface area contributed by atoms with Crippen LogP contribution in [-0.2, 0) is 4.79 Å². The van der Waals surface area contributed by atoms with Gasteiger partial charge in [-0.2, -0.15) is 0 Å². The fraction of sp³-hybridized carbons (Fsp3) is 0.417. The molecule has 0 radical (unpaired) electrons. The zero-order valence-electron chi connectivity index (χ0n) is 10.7. The highest BCUT2D eigenvalue weighted by Gasteiger charge is 2.29. The molecule has 1 fully saturated rings. The van der Waals surface area contributed by atoms with Crippen molar-refractivity contribution in [2.24, 2.45) is 5.73 Å². The number of hydrogen-bond acceptors (Lipinski definition) is 5. The molecule has 102 valence electrons. The van der Waals surface area contributed by atoms with E-state index in [0.717, 1.165) is 6.54 Å². The van der Waals surface area contributed by atoms with Crippen molar-refractivity contribution in [3.8, 4) is 0 Å². The number of nitrogens with zero attached hydrogens (tertiary/aromatic N) is 2. The summed E-state index contributed by atoms with van der Waals surface area (Å²) >= 11 is 0. The summed E-state index contributed by atoms with van der Waals surface area (Å²) < 4.78 is 0. The number of carbonyl (C=O) groups excluding carboxylic acids is 2. The van der Waals surface area contributed by atoms with Crippen molar-refractivity contribution in [3.63, 3.8) is 0 Å². The average molecular weight is 263 g/mol. The number of nitrogens with one attached hydrogen (secondary N) is 2. The maximum absolute atomic E-state index is 11.9. The van der Waals surface area contributed by atoms with Crippen LogP contribution in [0, 0.1) is 0 Å². The van der Waals surface area contributed by atoms with Gasteiger partial charge in [0.15, 0.2) is 0 Å². The third-order valence-corrected chi connectivity index (χ3v) is 3.12. The summed E-state index contributed by atoms with van der Waals surface area (Å²) in [4.78, 5) is 29.1. The Balaban J connectivity index is 2.29. The summed E-state index contributed by atoms with van der Waals surface area (Å²) in [5.41, 5.74) is 5.64. The van der Waals surface area contributed by atoms with E-state index in [0.29, 0.717) is 24.5 Å². The second kappa shape index (κ2) is 5.66. The topological polar surface area (TPSA) is 100 Å². The Morgan fingerprint density at radius 3 is 3.05 bits per heavy atom. The van der Waals surface area contributed by atoms with E-state index >= 15 is 0 Å². The molecule has 2 rings (SSSR count). The molecule has 2 heterocycles. The Kier molecular flexibility index (Phi) is 3.96. The van der Waals surface area contributed by atoms with Gasteiger partial charge in [-0.3, -0.25) is 9.59 Å². The van der Waals surface area contributed by atoms with Crippen molar-refractivity contribution in [1.82, 2.24) is 15.6 Å². The number of pyridine rings is 1. The van der Waals surface area contributed by atoms with E-state index in [4.69, 9.17) is 5.73 Å². The molecule has 1 aromatic rings. The first-order chi connectivity index (χ1) is 9.13. The zero-order chi connectivity index (χ0) is 13.8. The van der Waals surface area contributed by atoms with Gasteiger partial charge in [0, 0.05) is 38.4 Å². The smallest absolute Gasteiger partial charge is 0.248 e. The van der Waals surface area contributed by atoms with E-state index in [9.17, 15) is 9.59 Å². The summed E-state index contributed by atoms with van der Waals surface area (Å²) in [5.74, 6) is 0.000144. The first kappa shape index (κ1) is 13.3. The number of rotatable bonds is 3. The number of likely N-dealkylation sites (N-methyl/N-ethyl adjacent to an activating group) is 1. The molecule has 0 aliphatic carbocycles. The lowest BCUT2D eigenvalue weighted by Crippen LogP contribution is -2.58. The first-order valence-electron chi connectivity index (χ1n) is 6.08. The molecule has 19 heavy (non-hydrogen) atoms. The molecule has 0 aromatic carbocycles. The van der Waals surface area contributed by atoms with Crippen LogP contribution in [0.1, 0.15) is 10.4 Å². The second-order valence-electron chi connectivity index (χ2n) is 4.29. The molecule has 0 spiro atoms. The van der Waals surface area contributed by atoms with Crippen LogP contribution < -0.4 is 21.3 Å². The van der Waals surface area contributed by atoms with E-state index in [1.807, 2.05) is 4.90 Å². The molecular weight excluding hydrogens is 246 g/mol. The van der Waals surface area contributed by atoms with Gasteiger partial charge in [-0.25, -0.2) is 4.98 Å². The van der Waals surface area contributed by atoms with Gasteiger partial charge < -0.3 is 21.3 Å². The van der Waals surface area contributed by atoms with Crippen LogP contribution in [0.3, 0.4) is 0 Å². The average Bonchev–Trinajstić information content (AvgIpc) is 2.46. The molecule has 0 saturated carbocycles. The van der Waals surface area contributed by atoms with Crippen molar-refractivity contribution in [2.45, 2.75) is 6.04 Å². The molecule has 1 saturated heterocycles. The standard InChI is InChI=1S/C12H17N5O2/c1-14-12(19)9-7-15-4-5-17(9)10-6-8(11(13)18)2-3-16-10/h2-3,6,9,15H,4-5,7H2,1H3,(H2,13,18)(H,14,19). The monoisotopic (exact) mass is 263 g/mol. The van der Waals surface area contributed by atoms with Gasteiger partial charge in [0.2, 0.25) is 11.8 Å². The molecule has 4 N–H and O–H groups in total. The molecule has 1 atom stereocenters. The van der Waals surface area contributed by atoms with Crippen LogP contribution >= 0.6 is 0 Å². The van der Waals surface area contributed by atoms with E-state index in [1.165, 1.54) is 6.20 Å². The van der Waals surface area contributed by atoms with Gasteiger partial charge >= 0.3 is 0 Å². The molecule has 0 bridgehead atoms. The van der Waals surface area contributed by atoms with Crippen LogP contribution in [0.25, 0.3) is 0 Å². The van der Waals surface area contributed by atoms with E-state index in [2.05, 4.69) is 15.6 Å². The minimum atomic E-state index is -0.504. The summed E-state index contributed by atoms with van der Waals surface area (Å²) in [6.07, 6.45) is 1.53. The number of primary amides is 1. The Labute approximate surface area is 111 Å². The van der Waals surface area contributed by atoms with Gasteiger partial charge in [0.05, 0.1) is 0 Å². The molecule has 7 nitrogen and oxygen atoms in total. The largest absolute Gasteiger partial charge is 0.366 e. The van der Waals surface area contributed by atoms with E-state index in [-0.39, 0.29) is 11.9 Å². The van der Waals surface area contributed by atoms with Gasteiger partial charge in [-0.15, -0.1) is 0 Å². The first-order valence-corrected chi connectivity index (χ1v) is 6.08. The third kappa shape index (κ3) is 2.82. The zero-order valence-corrected chi connectivity index (χ0v) is 10.7. The SMILES string of the molecule is CNC(=O)C1CNCCN1c1cc(C(N)=O)ccn1. The molecule has 1 aliphatic rings. The summed E-state index contributed by atoms with van der Waals surface area (Å²) in [5, 5.41) is 5.80. The number of anilines is 1. The summed E-state index contributed by atoms with van der Waals surface area (Å²) in [6.45, 7) is 1.95. The third-order valence-electron chi connectivity index (χ3n) is 3.12. The minimum absolute atomic E-state index is 0.0847.